The quantitative estimate of drug-likeness (QED) is 0.885. The molecule has 0 bridgehead atoms. The summed E-state index contributed by atoms with van der Waals surface area (Å²) in [6.45, 7) is 1.49. The van der Waals surface area contributed by atoms with Gasteiger partial charge in [0.15, 0.2) is 0 Å². The number of aromatic nitrogens is 1. The van der Waals surface area contributed by atoms with E-state index in [4.69, 9.17) is 11.6 Å². The van der Waals surface area contributed by atoms with Crippen LogP contribution < -0.4 is 5.32 Å². The Balaban J connectivity index is 2.11. The number of nitrogens with zero attached hydrogens (tertiary/aromatic N) is 1. The van der Waals surface area contributed by atoms with Crippen LogP contribution in [0.15, 0.2) is 36.7 Å². The molecule has 2 rings (SSSR count). The Hall–Kier alpha value is -1.32. The van der Waals surface area contributed by atoms with E-state index >= 15 is 0 Å². The normalized spacial score (nSPS) is 10.8. The molecule has 0 aliphatic heterocycles. The zero-order valence-electron chi connectivity index (χ0n) is 9.58. The molecule has 2 aromatic rings. The van der Waals surface area contributed by atoms with Crippen molar-refractivity contribution in [3.8, 4) is 0 Å². The smallest absolute Gasteiger partial charge is 0.142 e. The molecule has 0 aliphatic rings. The summed E-state index contributed by atoms with van der Waals surface area (Å²) in [6, 6.07) is 6.94. The Kier molecular flexibility index (Phi) is 3.82. The lowest BCUT2D eigenvalue weighted by molar-refractivity contribution is 0.624. The first-order chi connectivity index (χ1) is 8.19. The molecule has 2 nitrogen and oxygen atoms in total. The fourth-order valence-corrected chi connectivity index (χ4v) is 1.86. The first kappa shape index (κ1) is 12.1. The maximum Gasteiger partial charge on any atom is 0.142 e. The van der Waals surface area contributed by atoms with Crippen LogP contribution >= 0.6 is 11.6 Å². The van der Waals surface area contributed by atoms with Crippen molar-refractivity contribution in [1.29, 1.82) is 0 Å². The van der Waals surface area contributed by atoms with Crippen LogP contribution in [0.1, 0.15) is 11.1 Å². The van der Waals surface area contributed by atoms with E-state index in [2.05, 4.69) is 5.32 Å². The second kappa shape index (κ2) is 5.34. The SMILES string of the molecule is CNCc1ccn(Cc2ccc(Cl)c(F)c2)c1. The summed E-state index contributed by atoms with van der Waals surface area (Å²) >= 11 is 5.64. The lowest BCUT2D eigenvalue weighted by atomic mass is 10.2. The van der Waals surface area contributed by atoms with Crippen LogP contribution in [0.4, 0.5) is 4.39 Å². The van der Waals surface area contributed by atoms with E-state index in [1.807, 2.05) is 36.1 Å². The van der Waals surface area contributed by atoms with Gasteiger partial charge in [-0.05, 0) is 36.4 Å². The molecular weight excluding hydrogens is 239 g/mol. The van der Waals surface area contributed by atoms with Crippen LogP contribution in [0.2, 0.25) is 5.02 Å². The number of rotatable bonds is 4. The van der Waals surface area contributed by atoms with Crippen molar-refractivity contribution in [1.82, 2.24) is 9.88 Å². The summed E-state index contributed by atoms with van der Waals surface area (Å²) in [5.41, 5.74) is 2.11. The summed E-state index contributed by atoms with van der Waals surface area (Å²) in [7, 11) is 1.91. The Bertz CT molecular complexity index is 508. The number of hydrogen-bond donors (Lipinski definition) is 1. The summed E-state index contributed by atoms with van der Waals surface area (Å²) in [6.07, 6.45) is 4.03. The highest BCUT2D eigenvalue weighted by Crippen LogP contribution is 2.16. The number of nitrogens with one attached hydrogen (secondary N) is 1. The van der Waals surface area contributed by atoms with Crippen molar-refractivity contribution in [2.24, 2.45) is 0 Å². The van der Waals surface area contributed by atoms with Crippen molar-refractivity contribution < 1.29 is 4.39 Å². The molecule has 90 valence electrons. The topological polar surface area (TPSA) is 17.0 Å². The van der Waals surface area contributed by atoms with Crippen molar-refractivity contribution in [2.45, 2.75) is 13.1 Å². The van der Waals surface area contributed by atoms with Crippen LogP contribution in [0.3, 0.4) is 0 Å². The van der Waals surface area contributed by atoms with E-state index in [1.54, 1.807) is 6.07 Å². The zero-order valence-corrected chi connectivity index (χ0v) is 10.3. The third-order valence-electron chi connectivity index (χ3n) is 2.54. The van der Waals surface area contributed by atoms with E-state index < -0.39 is 0 Å². The van der Waals surface area contributed by atoms with E-state index in [9.17, 15) is 4.39 Å². The molecule has 0 fully saturated rings. The predicted molar refractivity (Wildman–Crippen MR) is 67.7 cm³/mol. The van der Waals surface area contributed by atoms with Gasteiger partial charge in [0, 0.05) is 25.5 Å². The minimum Gasteiger partial charge on any atom is -0.350 e. The predicted octanol–water partition coefficient (Wildman–Crippen LogP) is 3.05. The molecule has 0 saturated heterocycles. The third kappa shape index (κ3) is 3.08. The molecule has 17 heavy (non-hydrogen) atoms. The summed E-state index contributed by atoms with van der Waals surface area (Å²) < 4.78 is 15.3. The molecular formula is C13H14ClFN2. The van der Waals surface area contributed by atoms with Crippen molar-refractivity contribution in [3.63, 3.8) is 0 Å². The van der Waals surface area contributed by atoms with Gasteiger partial charge in [0.1, 0.15) is 5.82 Å². The minimum absolute atomic E-state index is 0.164. The largest absolute Gasteiger partial charge is 0.350 e. The minimum atomic E-state index is -0.369. The number of hydrogen-bond acceptors (Lipinski definition) is 1. The van der Waals surface area contributed by atoms with Gasteiger partial charge in [-0.3, -0.25) is 0 Å². The second-order valence-electron chi connectivity index (χ2n) is 3.97. The first-order valence-corrected chi connectivity index (χ1v) is 5.80. The maximum absolute atomic E-state index is 13.3. The molecule has 0 amide bonds. The summed E-state index contributed by atoms with van der Waals surface area (Å²) in [5, 5.41) is 3.25. The maximum atomic E-state index is 13.3. The van der Waals surface area contributed by atoms with Gasteiger partial charge in [-0.15, -0.1) is 0 Å². The van der Waals surface area contributed by atoms with Crippen LogP contribution in [0.25, 0.3) is 0 Å². The van der Waals surface area contributed by atoms with Crippen molar-refractivity contribution in [2.75, 3.05) is 7.05 Å². The van der Waals surface area contributed by atoms with Crippen LogP contribution in [0, 0.1) is 5.82 Å². The van der Waals surface area contributed by atoms with E-state index in [-0.39, 0.29) is 10.8 Å². The summed E-state index contributed by atoms with van der Waals surface area (Å²) in [5.74, 6) is -0.369. The van der Waals surface area contributed by atoms with E-state index in [1.165, 1.54) is 11.6 Å². The fraction of sp³-hybridized carbons (Fsp3) is 0.231. The van der Waals surface area contributed by atoms with Gasteiger partial charge in [0.2, 0.25) is 0 Å². The molecule has 1 N–H and O–H groups in total. The lowest BCUT2D eigenvalue weighted by Gasteiger charge is -2.04. The summed E-state index contributed by atoms with van der Waals surface area (Å²) in [4.78, 5) is 0. The van der Waals surface area contributed by atoms with Gasteiger partial charge in [0.25, 0.3) is 0 Å². The molecule has 1 aromatic carbocycles. The van der Waals surface area contributed by atoms with E-state index in [0.29, 0.717) is 6.54 Å². The Labute approximate surface area is 105 Å². The number of halogens is 2. The van der Waals surface area contributed by atoms with Gasteiger partial charge in [-0.25, -0.2) is 4.39 Å². The van der Waals surface area contributed by atoms with Gasteiger partial charge >= 0.3 is 0 Å². The molecule has 1 heterocycles. The highest BCUT2D eigenvalue weighted by molar-refractivity contribution is 6.30. The monoisotopic (exact) mass is 252 g/mol. The molecule has 0 radical (unpaired) electrons. The highest BCUT2D eigenvalue weighted by atomic mass is 35.5. The van der Waals surface area contributed by atoms with Gasteiger partial charge < -0.3 is 9.88 Å². The molecule has 0 atom stereocenters. The van der Waals surface area contributed by atoms with Crippen LogP contribution in [0.5, 0.6) is 0 Å². The average molecular weight is 253 g/mol. The van der Waals surface area contributed by atoms with Crippen LogP contribution in [-0.2, 0) is 13.1 Å². The van der Waals surface area contributed by atoms with Gasteiger partial charge in [-0.1, -0.05) is 17.7 Å². The number of benzene rings is 1. The van der Waals surface area contributed by atoms with Crippen molar-refractivity contribution in [3.05, 3.63) is 58.6 Å². The van der Waals surface area contributed by atoms with Crippen molar-refractivity contribution >= 4 is 11.6 Å². The second-order valence-corrected chi connectivity index (χ2v) is 4.38. The zero-order chi connectivity index (χ0) is 12.3. The molecule has 0 spiro atoms. The van der Waals surface area contributed by atoms with Gasteiger partial charge in [0.05, 0.1) is 5.02 Å². The molecule has 0 saturated carbocycles. The van der Waals surface area contributed by atoms with Gasteiger partial charge in [-0.2, -0.15) is 0 Å². The standard InChI is InChI=1S/C13H14ClFN2/c1-16-7-11-4-5-17(9-11)8-10-2-3-12(14)13(15)6-10/h2-6,9,16H,7-8H2,1H3. The first-order valence-electron chi connectivity index (χ1n) is 5.42. The Morgan fingerprint density at radius 2 is 2.12 bits per heavy atom. The molecule has 0 aliphatic carbocycles. The fourth-order valence-electron chi connectivity index (χ4n) is 1.75. The Morgan fingerprint density at radius 1 is 1.29 bits per heavy atom. The molecule has 0 unspecified atom stereocenters. The Morgan fingerprint density at radius 3 is 2.82 bits per heavy atom. The molecule has 1 aromatic heterocycles. The molecule has 4 heteroatoms. The highest BCUT2D eigenvalue weighted by Gasteiger charge is 2.02. The lowest BCUT2D eigenvalue weighted by Crippen LogP contribution is -2.04. The van der Waals surface area contributed by atoms with Crippen LogP contribution in [-0.4, -0.2) is 11.6 Å². The average Bonchev–Trinajstić information content (AvgIpc) is 2.72. The third-order valence-corrected chi connectivity index (χ3v) is 2.85. The van der Waals surface area contributed by atoms with E-state index in [0.717, 1.165) is 12.1 Å².